The van der Waals surface area contributed by atoms with Gasteiger partial charge >= 0.3 is 5.97 Å². The third kappa shape index (κ3) is 3.47. The van der Waals surface area contributed by atoms with Gasteiger partial charge in [-0.25, -0.2) is 0 Å². The van der Waals surface area contributed by atoms with Gasteiger partial charge < -0.3 is 14.7 Å². The number of amides is 1. The lowest BCUT2D eigenvalue weighted by atomic mass is 9.79. The van der Waals surface area contributed by atoms with Crippen LogP contribution in [0.1, 0.15) is 39.0 Å². The number of benzene rings is 3. The number of hydrogen-bond donors (Lipinski definition) is 1. The van der Waals surface area contributed by atoms with E-state index in [9.17, 15) is 14.7 Å². The Morgan fingerprint density at radius 2 is 1.62 bits per heavy atom. The lowest BCUT2D eigenvalue weighted by Crippen LogP contribution is -2.44. The molecular weight excluding hydrogens is 366 g/mol. The summed E-state index contributed by atoms with van der Waals surface area (Å²) < 4.78 is 5.23. The summed E-state index contributed by atoms with van der Waals surface area (Å²) in [5.74, 6) is -1.30. The number of methoxy groups -OCH3 is 1. The minimum Gasteiger partial charge on any atom is -0.497 e. The summed E-state index contributed by atoms with van der Waals surface area (Å²) in [6.45, 7) is 0.328. The highest BCUT2D eigenvalue weighted by molar-refractivity contribution is 6.00. The molecule has 5 heteroatoms. The van der Waals surface area contributed by atoms with Gasteiger partial charge in [0, 0.05) is 12.1 Å². The van der Waals surface area contributed by atoms with Crippen LogP contribution in [-0.2, 0) is 11.3 Å². The lowest BCUT2D eigenvalue weighted by molar-refractivity contribution is -0.140. The molecule has 1 aliphatic heterocycles. The Morgan fingerprint density at radius 1 is 0.966 bits per heavy atom. The monoisotopic (exact) mass is 387 g/mol. The molecular formula is C24H21NO4. The van der Waals surface area contributed by atoms with Crippen LogP contribution in [0.5, 0.6) is 5.75 Å². The number of carbonyl (C=O) groups is 2. The number of carboxylic acid groups (broad SMARTS) is 1. The van der Waals surface area contributed by atoms with Crippen LogP contribution in [0.15, 0.2) is 78.9 Å². The van der Waals surface area contributed by atoms with Gasteiger partial charge in [-0.05, 0) is 34.9 Å². The molecule has 2 atom stereocenters. The zero-order valence-electron chi connectivity index (χ0n) is 16.0. The van der Waals surface area contributed by atoms with E-state index in [1.54, 1.807) is 48.4 Å². The highest BCUT2D eigenvalue weighted by Crippen LogP contribution is 2.43. The molecule has 0 radical (unpaired) electrons. The molecule has 3 aromatic rings. The summed E-state index contributed by atoms with van der Waals surface area (Å²) in [6.07, 6.45) is 0. The van der Waals surface area contributed by atoms with Crippen molar-refractivity contribution < 1.29 is 19.4 Å². The molecule has 0 saturated heterocycles. The molecule has 0 saturated carbocycles. The second kappa shape index (κ2) is 7.80. The van der Waals surface area contributed by atoms with E-state index in [1.807, 2.05) is 42.5 Å². The van der Waals surface area contributed by atoms with Gasteiger partial charge in [0.15, 0.2) is 0 Å². The SMILES string of the molecule is COc1ccc(C2C(C(=O)O)c3ccccc3C(=O)N2Cc2ccccc2)cc1. The predicted octanol–water partition coefficient (Wildman–Crippen LogP) is 4.26. The first kappa shape index (κ1) is 18.7. The first-order chi connectivity index (χ1) is 14.1. The third-order valence-electron chi connectivity index (χ3n) is 5.36. The summed E-state index contributed by atoms with van der Waals surface area (Å²) in [5.41, 5.74) is 2.70. The van der Waals surface area contributed by atoms with Crippen LogP contribution in [-0.4, -0.2) is 29.0 Å². The fraction of sp³-hybridized carbons (Fsp3) is 0.167. The van der Waals surface area contributed by atoms with Gasteiger partial charge in [0.1, 0.15) is 11.7 Å². The quantitative estimate of drug-likeness (QED) is 0.710. The number of hydrogen-bond acceptors (Lipinski definition) is 3. The molecule has 146 valence electrons. The molecule has 2 unspecified atom stereocenters. The van der Waals surface area contributed by atoms with E-state index in [0.29, 0.717) is 23.4 Å². The van der Waals surface area contributed by atoms with Crippen molar-refractivity contribution in [3.8, 4) is 5.75 Å². The van der Waals surface area contributed by atoms with Crippen LogP contribution in [0.4, 0.5) is 0 Å². The molecule has 0 spiro atoms. The molecule has 5 nitrogen and oxygen atoms in total. The molecule has 1 amide bonds. The number of rotatable bonds is 5. The van der Waals surface area contributed by atoms with Crippen molar-refractivity contribution in [2.45, 2.75) is 18.5 Å². The van der Waals surface area contributed by atoms with E-state index in [0.717, 1.165) is 11.1 Å². The minimum absolute atomic E-state index is 0.164. The van der Waals surface area contributed by atoms with Gasteiger partial charge in [0.25, 0.3) is 5.91 Å². The van der Waals surface area contributed by atoms with Crippen molar-refractivity contribution in [1.29, 1.82) is 0 Å². The van der Waals surface area contributed by atoms with Gasteiger partial charge in [0.2, 0.25) is 0 Å². The second-order valence-electron chi connectivity index (χ2n) is 7.04. The van der Waals surface area contributed by atoms with Crippen molar-refractivity contribution in [3.05, 3.63) is 101 Å². The molecule has 0 bridgehead atoms. The Labute approximate surface area is 169 Å². The third-order valence-corrected chi connectivity index (χ3v) is 5.36. The van der Waals surface area contributed by atoms with Gasteiger partial charge in [-0.3, -0.25) is 9.59 Å². The predicted molar refractivity (Wildman–Crippen MR) is 109 cm³/mol. The van der Waals surface area contributed by atoms with Crippen LogP contribution >= 0.6 is 0 Å². The van der Waals surface area contributed by atoms with Crippen LogP contribution < -0.4 is 4.74 Å². The van der Waals surface area contributed by atoms with Gasteiger partial charge in [-0.1, -0.05) is 60.7 Å². The van der Waals surface area contributed by atoms with Crippen molar-refractivity contribution in [1.82, 2.24) is 4.90 Å². The largest absolute Gasteiger partial charge is 0.497 e. The highest BCUT2D eigenvalue weighted by atomic mass is 16.5. The van der Waals surface area contributed by atoms with Crippen molar-refractivity contribution in [2.75, 3.05) is 7.11 Å². The molecule has 1 N–H and O–H groups in total. The molecule has 0 aromatic heterocycles. The van der Waals surface area contributed by atoms with Crippen molar-refractivity contribution in [3.63, 3.8) is 0 Å². The highest BCUT2D eigenvalue weighted by Gasteiger charge is 2.44. The van der Waals surface area contributed by atoms with Gasteiger partial charge in [-0.15, -0.1) is 0 Å². The summed E-state index contributed by atoms with van der Waals surface area (Å²) in [7, 11) is 1.58. The number of ether oxygens (including phenoxy) is 1. The Morgan fingerprint density at radius 3 is 2.28 bits per heavy atom. The first-order valence-electron chi connectivity index (χ1n) is 9.40. The number of nitrogens with zero attached hydrogens (tertiary/aromatic N) is 1. The maximum atomic E-state index is 13.4. The maximum absolute atomic E-state index is 13.4. The summed E-state index contributed by atoms with van der Waals surface area (Å²) in [4.78, 5) is 27.4. The Kier molecular flexibility index (Phi) is 5.04. The zero-order valence-corrected chi connectivity index (χ0v) is 16.0. The van der Waals surface area contributed by atoms with Crippen molar-refractivity contribution >= 4 is 11.9 Å². The molecule has 1 aliphatic rings. The van der Waals surface area contributed by atoms with Crippen LogP contribution in [0.3, 0.4) is 0 Å². The molecule has 3 aromatic carbocycles. The van der Waals surface area contributed by atoms with Crippen LogP contribution in [0.25, 0.3) is 0 Å². The number of carboxylic acids is 1. The fourth-order valence-corrected chi connectivity index (χ4v) is 3.99. The molecule has 0 fully saturated rings. The van der Waals surface area contributed by atoms with E-state index in [4.69, 9.17) is 4.74 Å². The van der Waals surface area contributed by atoms with Crippen molar-refractivity contribution in [2.24, 2.45) is 0 Å². The number of fused-ring (bicyclic) bond motifs is 1. The lowest BCUT2D eigenvalue weighted by Gasteiger charge is -2.41. The number of carbonyl (C=O) groups excluding carboxylic acids is 1. The minimum atomic E-state index is -0.955. The Bertz CT molecular complexity index is 1030. The number of aliphatic carboxylic acids is 1. The molecule has 1 heterocycles. The van der Waals surface area contributed by atoms with E-state index in [1.165, 1.54) is 0 Å². The van der Waals surface area contributed by atoms with Crippen LogP contribution in [0, 0.1) is 0 Å². The summed E-state index contributed by atoms with van der Waals surface area (Å²) in [5, 5.41) is 10.1. The van der Waals surface area contributed by atoms with Crippen LogP contribution in [0.2, 0.25) is 0 Å². The molecule has 4 rings (SSSR count). The fourth-order valence-electron chi connectivity index (χ4n) is 3.99. The topological polar surface area (TPSA) is 66.8 Å². The first-order valence-corrected chi connectivity index (χ1v) is 9.40. The van der Waals surface area contributed by atoms with E-state index >= 15 is 0 Å². The second-order valence-corrected chi connectivity index (χ2v) is 7.04. The van der Waals surface area contributed by atoms with Gasteiger partial charge in [-0.2, -0.15) is 0 Å². The summed E-state index contributed by atoms with van der Waals surface area (Å²) in [6, 6.07) is 23.2. The van der Waals surface area contributed by atoms with E-state index in [-0.39, 0.29) is 5.91 Å². The van der Waals surface area contributed by atoms with Gasteiger partial charge in [0.05, 0.1) is 13.2 Å². The van der Waals surface area contributed by atoms with E-state index < -0.39 is 17.9 Å². The standard InChI is InChI=1S/C24H21NO4/c1-29-18-13-11-17(12-14-18)22-21(24(27)28)19-9-5-6-10-20(19)23(26)25(22)15-16-7-3-2-4-8-16/h2-14,21-22H,15H2,1H3,(H,27,28). The average molecular weight is 387 g/mol. The smallest absolute Gasteiger partial charge is 0.313 e. The molecule has 0 aliphatic carbocycles. The Balaban J connectivity index is 1.87. The normalized spacial score (nSPS) is 18.2. The maximum Gasteiger partial charge on any atom is 0.313 e. The summed E-state index contributed by atoms with van der Waals surface area (Å²) >= 11 is 0. The average Bonchev–Trinajstić information content (AvgIpc) is 2.76. The molecule has 29 heavy (non-hydrogen) atoms. The Hall–Kier alpha value is -3.60. The zero-order chi connectivity index (χ0) is 20.4. The van der Waals surface area contributed by atoms with E-state index in [2.05, 4.69) is 0 Å².